The molecule has 0 fully saturated rings. The summed E-state index contributed by atoms with van der Waals surface area (Å²) in [4.78, 5) is 19.7. The van der Waals surface area contributed by atoms with Crippen LogP contribution in [0.5, 0.6) is 0 Å². The maximum Gasteiger partial charge on any atom is 0.330 e. The number of rotatable bonds is 4. The predicted molar refractivity (Wildman–Crippen MR) is 94.2 cm³/mol. The molecule has 25 heavy (non-hydrogen) atoms. The maximum absolute atomic E-state index is 10.6. The summed E-state index contributed by atoms with van der Waals surface area (Å²) in [5.74, 6) is -0.0486. The van der Waals surface area contributed by atoms with Gasteiger partial charge in [0.15, 0.2) is 0 Å². The van der Waals surface area contributed by atoms with Crippen LogP contribution in [0.25, 0.3) is 0 Å². The van der Waals surface area contributed by atoms with Gasteiger partial charge in [-0.2, -0.15) is 5.10 Å². The number of nitrogen functional groups attached to an aromatic ring is 1. The lowest BCUT2D eigenvalue weighted by Crippen LogP contribution is -1.97. The van der Waals surface area contributed by atoms with E-state index in [1.54, 1.807) is 21.0 Å². The Hall–Kier alpha value is -2.74. The molecule has 0 radical (unpaired) electrons. The minimum atomic E-state index is -0.567. The molecule has 0 aliphatic heterocycles. The van der Waals surface area contributed by atoms with Gasteiger partial charge in [0.2, 0.25) is 15.2 Å². The maximum atomic E-state index is 10.6. The second kappa shape index (κ2) is 8.93. The highest BCUT2D eigenvalue weighted by molar-refractivity contribution is 8.22. The molecule has 0 amide bonds. The van der Waals surface area contributed by atoms with Gasteiger partial charge in [-0.3, -0.25) is 29.6 Å². The SMILES string of the molecule is CCOC(=S)Sc1nn(C)cc1[N+](=O)[O-].Cn1cc([N+](=O)[O-])c(N)n1. The molecule has 2 N–H and O–H groups in total. The number of aryl methyl sites for hydroxylation is 2. The van der Waals surface area contributed by atoms with Crippen molar-refractivity contribution in [2.45, 2.75) is 11.9 Å². The molecular weight excluding hydrogens is 374 g/mol. The van der Waals surface area contributed by atoms with Crippen LogP contribution in [0.2, 0.25) is 0 Å². The predicted octanol–water partition coefficient (Wildman–Crippen LogP) is 1.65. The van der Waals surface area contributed by atoms with Gasteiger partial charge < -0.3 is 10.5 Å². The van der Waals surface area contributed by atoms with E-state index in [-0.39, 0.29) is 26.6 Å². The van der Waals surface area contributed by atoms with Crippen LogP contribution in [0, 0.1) is 20.2 Å². The van der Waals surface area contributed by atoms with Crippen molar-refractivity contribution in [3.63, 3.8) is 0 Å². The van der Waals surface area contributed by atoms with E-state index in [1.165, 1.54) is 21.8 Å². The standard InChI is InChI=1S/C7H9N3O3S2.C4H6N4O2/c1-3-13-7(14)15-6-5(10(11)12)4-9(2)8-6;1-7-2-3(8(9)10)4(5)6-7/h4H,3H2,1-2H3;2H,1H3,(H2,5,6). The van der Waals surface area contributed by atoms with Gasteiger partial charge in [-0.15, -0.1) is 5.10 Å². The van der Waals surface area contributed by atoms with Gasteiger partial charge in [0, 0.05) is 14.1 Å². The summed E-state index contributed by atoms with van der Waals surface area (Å²) in [7, 11) is 3.18. The van der Waals surface area contributed by atoms with E-state index in [0.717, 1.165) is 11.8 Å². The molecule has 0 aliphatic rings. The molecular formula is C11H15N7O5S2. The number of aromatic nitrogens is 4. The van der Waals surface area contributed by atoms with Crippen LogP contribution < -0.4 is 5.73 Å². The van der Waals surface area contributed by atoms with Crippen molar-refractivity contribution < 1.29 is 14.6 Å². The largest absolute Gasteiger partial charge is 0.479 e. The Kier molecular flexibility index (Phi) is 7.25. The third-order valence-corrected chi connectivity index (χ3v) is 3.59. The quantitative estimate of drug-likeness (QED) is 0.353. The summed E-state index contributed by atoms with van der Waals surface area (Å²) in [6.45, 7) is 2.23. The minimum Gasteiger partial charge on any atom is -0.479 e. The molecule has 2 aromatic rings. The lowest BCUT2D eigenvalue weighted by atomic mass is 10.5. The summed E-state index contributed by atoms with van der Waals surface area (Å²) in [5.41, 5.74) is 4.95. The van der Waals surface area contributed by atoms with Gasteiger partial charge in [0.05, 0.1) is 16.5 Å². The molecule has 14 heteroatoms. The van der Waals surface area contributed by atoms with Crippen molar-refractivity contribution >= 4 is 45.6 Å². The van der Waals surface area contributed by atoms with Crippen molar-refractivity contribution in [2.24, 2.45) is 14.1 Å². The van der Waals surface area contributed by atoms with E-state index in [0.29, 0.717) is 6.61 Å². The molecule has 0 bridgehead atoms. The molecule has 0 aliphatic carbocycles. The number of ether oxygens (including phenoxy) is 1. The lowest BCUT2D eigenvalue weighted by Gasteiger charge is -2.00. The molecule has 2 rings (SSSR count). The lowest BCUT2D eigenvalue weighted by molar-refractivity contribution is -0.387. The average Bonchev–Trinajstić information content (AvgIpc) is 3.02. The normalized spacial score (nSPS) is 9.88. The molecule has 0 atom stereocenters. The first-order chi connectivity index (χ1) is 11.6. The Morgan fingerprint density at radius 3 is 2.16 bits per heavy atom. The molecule has 0 unspecified atom stereocenters. The topological polar surface area (TPSA) is 157 Å². The van der Waals surface area contributed by atoms with Gasteiger partial charge in [-0.1, -0.05) is 0 Å². The van der Waals surface area contributed by atoms with Crippen LogP contribution in [-0.2, 0) is 18.8 Å². The minimum absolute atomic E-state index is 0.0486. The molecule has 0 saturated carbocycles. The zero-order chi connectivity index (χ0) is 19.1. The average molecular weight is 389 g/mol. The van der Waals surface area contributed by atoms with E-state index in [1.807, 2.05) is 0 Å². The van der Waals surface area contributed by atoms with Crippen LogP contribution >= 0.6 is 24.0 Å². The highest BCUT2D eigenvalue weighted by Gasteiger charge is 2.20. The van der Waals surface area contributed by atoms with E-state index >= 15 is 0 Å². The number of thioether (sulfide) groups is 1. The van der Waals surface area contributed by atoms with E-state index in [4.69, 9.17) is 22.7 Å². The third kappa shape index (κ3) is 6.00. The highest BCUT2D eigenvalue weighted by atomic mass is 32.2. The van der Waals surface area contributed by atoms with E-state index < -0.39 is 9.85 Å². The number of thiocarbonyl (C=S) groups is 1. The Labute approximate surface area is 151 Å². The number of hydrogen-bond acceptors (Lipinski definition) is 10. The summed E-state index contributed by atoms with van der Waals surface area (Å²) in [6, 6.07) is 0. The first-order valence-corrected chi connectivity index (χ1v) is 7.84. The zero-order valence-electron chi connectivity index (χ0n) is 13.5. The molecule has 2 aromatic heterocycles. The fourth-order valence-electron chi connectivity index (χ4n) is 1.51. The summed E-state index contributed by atoms with van der Waals surface area (Å²) >= 11 is 5.84. The van der Waals surface area contributed by atoms with Crippen LogP contribution in [0.15, 0.2) is 17.4 Å². The Bertz CT molecular complexity index is 788. The van der Waals surface area contributed by atoms with Gasteiger partial charge >= 0.3 is 11.4 Å². The fraction of sp³-hybridized carbons (Fsp3) is 0.364. The summed E-state index contributed by atoms with van der Waals surface area (Å²) in [6.07, 6.45) is 2.59. The van der Waals surface area contributed by atoms with Crippen LogP contribution in [0.3, 0.4) is 0 Å². The van der Waals surface area contributed by atoms with Crippen molar-refractivity contribution in [1.29, 1.82) is 0 Å². The van der Waals surface area contributed by atoms with Gasteiger partial charge in [-0.25, -0.2) is 0 Å². The molecule has 2 heterocycles. The Morgan fingerprint density at radius 2 is 1.76 bits per heavy atom. The Balaban J connectivity index is 0.000000271. The smallest absolute Gasteiger partial charge is 0.330 e. The third-order valence-electron chi connectivity index (χ3n) is 2.45. The van der Waals surface area contributed by atoms with Crippen molar-refractivity contribution in [1.82, 2.24) is 19.6 Å². The highest BCUT2D eigenvalue weighted by Crippen LogP contribution is 2.28. The van der Waals surface area contributed by atoms with Crippen LogP contribution in [0.1, 0.15) is 6.92 Å². The van der Waals surface area contributed by atoms with Crippen molar-refractivity contribution in [3.05, 3.63) is 32.6 Å². The van der Waals surface area contributed by atoms with Crippen LogP contribution in [0.4, 0.5) is 17.2 Å². The number of nitro groups is 2. The number of hydrogen-bond donors (Lipinski definition) is 1. The monoisotopic (exact) mass is 389 g/mol. The summed E-state index contributed by atoms with van der Waals surface area (Å²) in [5, 5.41) is 28.5. The number of anilines is 1. The van der Waals surface area contributed by atoms with Crippen molar-refractivity contribution in [2.75, 3.05) is 12.3 Å². The van der Waals surface area contributed by atoms with Gasteiger partial charge in [0.1, 0.15) is 12.4 Å². The first-order valence-electron chi connectivity index (χ1n) is 6.61. The summed E-state index contributed by atoms with van der Waals surface area (Å²) < 4.78 is 7.92. The van der Waals surface area contributed by atoms with Crippen LogP contribution in [-0.4, -0.2) is 40.4 Å². The first kappa shape index (κ1) is 20.3. The van der Waals surface area contributed by atoms with Gasteiger partial charge in [0.25, 0.3) is 0 Å². The molecule has 0 spiro atoms. The molecule has 12 nitrogen and oxygen atoms in total. The molecule has 136 valence electrons. The molecule has 0 aromatic carbocycles. The van der Waals surface area contributed by atoms with Gasteiger partial charge in [-0.05, 0) is 30.9 Å². The molecule has 0 saturated heterocycles. The Morgan fingerprint density at radius 1 is 1.24 bits per heavy atom. The zero-order valence-corrected chi connectivity index (χ0v) is 15.1. The number of nitrogens with two attached hydrogens (primary N) is 1. The van der Waals surface area contributed by atoms with Crippen molar-refractivity contribution in [3.8, 4) is 0 Å². The fourth-order valence-corrected chi connectivity index (χ4v) is 2.60. The van der Waals surface area contributed by atoms with E-state index in [9.17, 15) is 20.2 Å². The second-order valence-corrected chi connectivity index (χ2v) is 5.96. The number of nitrogens with zero attached hydrogens (tertiary/aromatic N) is 6. The second-order valence-electron chi connectivity index (χ2n) is 4.37. The van der Waals surface area contributed by atoms with E-state index in [2.05, 4.69) is 10.2 Å².